The van der Waals surface area contributed by atoms with E-state index in [0.29, 0.717) is 35.1 Å². The first kappa shape index (κ1) is 19.0. The van der Waals surface area contributed by atoms with Crippen LogP contribution >= 0.6 is 0 Å². The first-order valence-corrected chi connectivity index (χ1v) is 10.7. The predicted molar refractivity (Wildman–Crippen MR) is 103 cm³/mol. The summed E-state index contributed by atoms with van der Waals surface area (Å²) >= 11 is 0. The van der Waals surface area contributed by atoms with E-state index in [-0.39, 0.29) is 6.09 Å². The van der Waals surface area contributed by atoms with Crippen molar-refractivity contribution in [3.8, 4) is 0 Å². The fraction of sp³-hybridized carbons (Fsp3) is 0.905. The second kappa shape index (κ2) is 6.36. The summed E-state index contributed by atoms with van der Waals surface area (Å²) in [6.07, 6.45) is 2.22. The number of nitrogens with zero attached hydrogens (tertiary/aromatic N) is 3. The molecule has 2 aliphatic heterocycles. The van der Waals surface area contributed by atoms with Gasteiger partial charge in [0.05, 0.1) is 0 Å². The number of carbonyl (C=O) groups excluding carboxylic acids is 2. The van der Waals surface area contributed by atoms with Crippen molar-refractivity contribution in [2.45, 2.75) is 59.1 Å². The van der Waals surface area contributed by atoms with E-state index in [9.17, 15) is 9.59 Å². The van der Waals surface area contributed by atoms with E-state index in [0.717, 1.165) is 39.3 Å². The summed E-state index contributed by atoms with van der Waals surface area (Å²) in [4.78, 5) is 31.1. The molecule has 4 rings (SSSR count). The lowest BCUT2D eigenvalue weighted by Gasteiger charge is -2.60. The molecular weight excluding hydrogens is 342 g/mol. The Bertz CT molecular complexity index is 599. The molecule has 0 aromatic rings. The van der Waals surface area contributed by atoms with E-state index in [1.807, 2.05) is 30.6 Å². The standard InChI is InChI=1S/C21H35N3O3/c1-6-22(7-2)18(25)17-15-10-23(11-16(15)17)14-8-21(9-14)12-24(13-21)19(26)27-20(3,4)5/h14-17H,6-13H2,1-5H3/t15-,16+,17+. The third kappa shape index (κ3) is 3.34. The van der Waals surface area contributed by atoms with Gasteiger partial charge in [0, 0.05) is 56.6 Å². The fourth-order valence-electron chi connectivity index (χ4n) is 5.64. The molecule has 0 aromatic heterocycles. The highest BCUT2D eigenvalue weighted by atomic mass is 16.6. The summed E-state index contributed by atoms with van der Waals surface area (Å²) in [5, 5.41) is 0. The summed E-state index contributed by atoms with van der Waals surface area (Å²) in [5.74, 6) is 1.86. The van der Waals surface area contributed by atoms with Crippen molar-refractivity contribution >= 4 is 12.0 Å². The van der Waals surface area contributed by atoms with Gasteiger partial charge in [0.25, 0.3) is 0 Å². The van der Waals surface area contributed by atoms with Crippen molar-refractivity contribution in [1.82, 2.24) is 14.7 Å². The Morgan fingerprint density at radius 2 is 1.63 bits per heavy atom. The summed E-state index contributed by atoms with van der Waals surface area (Å²) in [6.45, 7) is 15.4. The molecule has 2 aliphatic carbocycles. The summed E-state index contributed by atoms with van der Waals surface area (Å²) in [6, 6.07) is 0.655. The van der Waals surface area contributed by atoms with Crippen LogP contribution in [-0.2, 0) is 9.53 Å². The van der Waals surface area contributed by atoms with Crippen molar-refractivity contribution in [3.63, 3.8) is 0 Å². The van der Waals surface area contributed by atoms with Crippen LogP contribution in [0.5, 0.6) is 0 Å². The highest BCUT2D eigenvalue weighted by Crippen LogP contribution is 2.57. The summed E-state index contributed by atoms with van der Waals surface area (Å²) < 4.78 is 5.46. The maximum atomic E-state index is 12.6. The Morgan fingerprint density at radius 1 is 1.07 bits per heavy atom. The molecule has 1 spiro atoms. The molecule has 2 saturated heterocycles. The molecule has 4 aliphatic rings. The van der Waals surface area contributed by atoms with Crippen LogP contribution in [0.15, 0.2) is 0 Å². The highest BCUT2D eigenvalue weighted by Gasteiger charge is 2.63. The maximum absolute atomic E-state index is 12.6. The minimum Gasteiger partial charge on any atom is -0.444 e. The molecule has 0 aromatic carbocycles. The minimum absolute atomic E-state index is 0.170. The van der Waals surface area contributed by atoms with E-state index < -0.39 is 5.60 Å². The Hall–Kier alpha value is -1.30. The molecule has 2 saturated carbocycles. The number of carbonyl (C=O) groups is 2. The number of fused-ring (bicyclic) bond motifs is 1. The minimum atomic E-state index is -0.419. The highest BCUT2D eigenvalue weighted by molar-refractivity contribution is 5.82. The third-order valence-electron chi connectivity index (χ3n) is 7.14. The largest absolute Gasteiger partial charge is 0.444 e. The molecule has 6 heteroatoms. The summed E-state index contributed by atoms with van der Waals surface area (Å²) in [7, 11) is 0. The number of hydrogen-bond donors (Lipinski definition) is 0. The van der Waals surface area contributed by atoms with E-state index in [4.69, 9.17) is 4.74 Å². The zero-order chi connectivity index (χ0) is 19.6. The molecule has 2 amide bonds. The Labute approximate surface area is 163 Å². The van der Waals surface area contributed by atoms with Crippen molar-refractivity contribution in [3.05, 3.63) is 0 Å². The first-order chi connectivity index (χ1) is 12.7. The molecule has 4 fully saturated rings. The average Bonchev–Trinajstić information content (AvgIpc) is 2.99. The van der Waals surface area contributed by atoms with Crippen LogP contribution in [0.25, 0.3) is 0 Å². The van der Waals surface area contributed by atoms with Gasteiger partial charge in [-0.15, -0.1) is 0 Å². The first-order valence-electron chi connectivity index (χ1n) is 10.7. The SMILES string of the molecule is CCN(CC)C(=O)[C@H]1[C@@H]2CN(C3CC4(C3)CN(C(=O)OC(C)(C)C)C4)C[C@@H]21. The molecule has 6 nitrogen and oxygen atoms in total. The predicted octanol–water partition coefficient (Wildman–Crippen LogP) is 2.43. The van der Waals surface area contributed by atoms with Gasteiger partial charge < -0.3 is 14.5 Å². The van der Waals surface area contributed by atoms with Crippen molar-refractivity contribution in [1.29, 1.82) is 0 Å². The number of hydrogen-bond acceptors (Lipinski definition) is 4. The molecule has 152 valence electrons. The normalized spacial score (nSPS) is 31.9. The van der Waals surface area contributed by atoms with Gasteiger partial charge in [-0.2, -0.15) is 0 Å². The topological polar surface area (TPSA) is 53.1 Å². The van der Waals surface area contributed by atoms with E-state index in [1.165, 1.54) is 12.8 Å². The van der Waals surface area contributed by atoms with E-state index in [1.54, 1.807) is 0 Å². The van der Waals surface area contributed by atoms with Crippen molar-refractivity contribution in [2.75, 3.05) is 39.3 Å². The van der Waals surface area contributed by atoms with E-state index >= 15 is 0 Å². The second-order valence-corrected chi connectivity index (χ2v) is 10.2. The zero-order valence-corrected chi connectivity index (χ0v) is 17.5. The molecule has 0 bridgehead atoms. The Morgan fingerprint density at radius 3 is 2.11 bits per heavy atom. The fourth-order valence-corrected chi connectivity index (χ4v) is 5.64. The van der Waals surface area contributed by atoms with Crippen LogP contribution in [0.3, 0.4) is 0 Å². The quantitative estimate of drug-likeness (QED) is 0.755. The van der Waals surface area contributed by atoms with Crippen LogP contribution < -0.4 is 0 Å². The van der Waals surface area contributed by atoms with Gasteiger partial charge in [-0.05, 0) is 59.3 Å². The lowest BCUT2D eigenvalue weighted by Crippen LogP contribution is -2.67. The number of ether oxygens (including phenoxy) is 1. The molecule has 0 radical (unpaired) electrons. The van der Waals surface area contributed by atoms with Gasteiger partial charge in [-0.1, -0.05) is 0 Å². The monoisotopic (exact) mass is 377 g/mol. The molecule has 27 heavy (non-hydrogen) atoms. The second-order valence-electron chi connectivity index (χ2n) is 10.2. The van der Waals surface area contributed by atoms with Gasteiger partial charge >= 0.3 is 6.09 Å². The number of piperidine rings is 1. The number of likely N-dealkylation sites (tertiary alicyclic amines) is 2. The summed E-state index contributed by atoms with van der Waals surface area (Å²) in [5.41, 5.74) is -0.0809. The van der Waals surface area contributed by atoms with Gasteiger partial charge in [-0.25, -0.2) is 4.79 Å². The molecule has 3 atom stereocenters. The Balaban J connectivity index is 1.19. The number of amides is 2. The molecular formula is C21H35N3O3. The number of rotatable bonds is 4. The van der Waals surface area contributed by atoms with Crippen LogP contribution in [0, 0.1) is 23.2 Å². The lowest BCUT2D eigenvalue weighted by molar-refractivity contribution is -0.134. The van der Waals surface area contributed by atoms with Crippen LogP contribution in [0.1, 0.15) is 47.5 Å². The lowest BCUT2D eigenvalue weighted by atomic mass is 9.60. The van der Waals surface area contributed by atoms with Gasteiger partial charge in [0.15, 0.2) is 0 Å². The smallest absolute Gasteiger partial charge is 0.410 e. The van der Waals surface area contributed by atoms with Crippen molar-refractivity contribution in [2.24, 2.45) is 23.2 Å². The third-order valence-corrected chi connectivity index (χ3v) is 7.14. The molecule has 0 N–H and O–H groups in total. The van der Waals surface area contributed by atoms with Crippen molar-refractivity contribution < 1.29 is 14.3 Å². The van der Waals surface area contributed by atoms with Crippen LogP contribution in [0.2, 0.25) is 0 Å². The van der Waals surface area contributed by atoms with Gasteiger partial charge in [-0.3, -0.25) is 9.69 Å². The molecule has 2 heterocycles. The maximum Gasteiger partial charge on any atom is 0.410 e. The van der Waals surface area contributed by atoms with Gasteiger partial charge in [0.1, 0.15) is 5.60 Å². The van der Waals surface area contributed by atoms with Gasteiger partial charge in [0.2, 0.25) is 5.91 Å². The molecule has 0 unspecified atom stereocenters. The average molecular weight is 378 g/mol. The zero-order valence-electron chi connectivity index (χ0n) is 17.5. The van der Waals surface area contributed by atoms with Crippen LogP contribution in [0.4, 0.5) is 4.79 Å². The van der Waals surface area contributed by atoms with E-state index in [2.05, 4.69) is 18.7 Å². The Kier molecular flexibility index (Phi) is 4.48. The van der Waals surface area contributed by atoms with Crippen LogP contribution in [-0.4, -0.2) is 77.6 Å².